The molecule has 0 saturated heterocycles. The molecule has 2 aromatic heterocycles. The van der Waals surface area contributed by atoms with Gasteiger partial charge in [-0.3, -0.25) is 4.98 Å². The van der Waals surface area contributed by atoms with Crippen molar-refractivity contribution in [2.45, 2.75) is 0 Å². The highest BCUT2D eigenvalue weighted by atomic mass is 79.9. The first-order valence-corrected chi connectivity index (χ1v) is 6.74. The minimum Gasteiger partial charge on any atom is -0.480 e. The van der Waals surface area contributed by atoms with Crippen LogP contribution in [0.15, 0.2) is 47.2 Å². The van der Waals surface area contributed by atoms with E-state index < -0.39 is 0 Å². The van der Waals surface area contributed by atoms with Gasteiger partial charge in [-0.05, 0) is 40.2 Å². The van der Waals surface area contributed by atoms with Gasteiger partial charge in [-0.25, -0.2) is 4.98 Å². The van der Waals surface area contributed by atoms with Crippen LogP contribution in [0.1, 0.15) is 0 Å². The molecule has 0 saturated carbocycles. The van der Waals surface area contributed by atoms with Gasteiger partial charge in [0.2, 0.25) is 11.8 Å². The third-order valence-corrected chi connectivity index (χ3v) is 3.34. The molecule has 2 heterocycles. The molecule has 0 aliphatic heterocycles. The summed E-state index contributed by atoms with van der Waals surface area (Å²) >= 11 is 3.33. The number of hydrogen-bond acceptors (Lipinski definition) is 5. The standard InChI is InChI=1S/C14H11BrN4O/c1-20-13-10(15)8-17-14(19-13)18-12-6-2-5-11-9(12)4-3-7-16-11/h2-8H,1H3,(H,17,18,19). The van der Waals surface area contributed by atoms with E-state index in [9.17, 15) is 0 Å². The molecule has 1 aromatic carbocycles. The highest BCUT2D eigenvalue weighted by Crippen LogP contribution is 2.26. The van der Waals surface area contributed by atoms with E-state index in [1.54, 1.807) is 19.5 Å². The third kappa shape index (κ3) is 2.42. The molecule has 0 unspecified atom stereocenters. The highest BCUT2D eigenvalue weighted by Gasteiger charge is 2.07. The monoisotopic (exact) mass is 330 g/mol. The zero-order chi connectivity index (χ0) is 13.9. The van der Waals surface area contributed by atoms with Gasteiger partial charge in [-0.15, -0.1) is 0 Å². The molecule has 3 aromatic rings. The maximum absolute atomic E-state index is 5.16. The number of ether oxygens (including phenoxy) is 1. The molecule has 0 aliphatic carbocycles. The van der Waals surface area contributed by atoms with E-state index in [0.29, 0.717) is 16.3 Å². The maximum atomic E-state index is 5.16. The van der Waals surface area contributed by atoms with Crippen molar-refractivity contribution in [3.63, 3.8) is 0 Å². The predicted octanol–water partition coefficient (Wildman–Crippen LogP) is 3.54. The van der Waals surface area contributed by atoms with Crippen LogP contribution in [-0.4, -0.2) is 22.1 Å². The number of pyridine rings is 1. The zero-order valence-electron chi connectivity index (χ0n) is 10.7. The number of nitrogens with zero attached hydrogens (tertiary/aromatic N) is 3. The number of hydrogen-bond donors (Lipinski definition) is 1. The van der Waals surface area contributed by atoms with Gasteiger partial charge in [-0.1, -0.05) is 6.07 Å². The summed E-state index contributed by atoms with van der Waals surface area (Å²) in [4.78, 5) is 12.8. The van der Waals surface area contributed by atoms with Gasteiger partial charge in [0, 0.05) is 11.6 Å². The Morgan fingerprint density at radius 1 is 1.15 bits per heavy atom. The molecular weight excluding hydrogens is 320 g/mol. The van der Waals surface area contributed by atoms with Crippen molar-refractivity contribution in [2.24, 2.45) is 0 Å². The smallest absolute Gasteiger partial charge is 0.232 e. The van der Waals surface area contributed by atoms with Crippen LogP contribution in [0.5, 0.6) is 5.88 Å². The normalized spacial score (nSPS) is 10.5. The van der Waals surface area contributed by atoms with Crippen molar-refractivity contribution >= 4 is 38.5 Å². The van der Waals surface area contributed by atoms with Gasteiger partial charge in [0.15, 0.2) is 0 Å². The molecule has 20 heavy (non-hydrogen) atoms. The molecule has 0 radical (unpaired) electrons. The summed E-state index contributed by atoms with van der Waals surface area (Å²) in [5.74, 6) is 0.960. The number of aromatic nitrogens is 3. The van der Waals surface area contributed by atoms with Crippen LogP contribution in [0.3, 0.4) is 0 Å². The Labute approximate surface area is 124 Å². The number of benzene rings is 1. The molecule has 1 N–H and O–H groups in total. The first-order chi connectivity index (χ1) is 9.78. The molecule has 100 valence electrons. The number of rotatable bonds is 3. The second-order valence-corrected chi connectivity index (χ2v) is 4.91. The molecule has 0 aliphatic rings. The van der Waals surface area contributed by atoms with Crippen molar-refractivity contribution in [2.75, 3.05) is 12.4 Å². The fraction of sp³-hybridized carbons (Fsp3) is 0.0714. The number of nitrogens with one attached hydrogen (secondary N) is 1. The Balaban J connectivity index is 2.01. The summed E-state index contributed by atoms with van der Waals surface area (Å²) < 4.78 is 5.87. The van der Waals surface area contributed by atoms with E-state index >= 15 is 0 Å². The molecule has 0 amide bonds. The average molecular weight is 331 g/mol. The number of fused-ring (bicyclic) bond motifs is 1. The molecule has 0 spiro atoms. The van der Waals surface area contributed by atoms with Gasteiger partial charge in [-0.2, -0.15) is 4.98 Å². The molecule has 3 rings (SSSR count). The van der Waals surface area contributed by atoms with Gasteiger partial charge >= 0.3 is 0 Å². The first kappa shape index (κ1) is 12.8. The van der Waals surface area contributed by atoms with Crippen molar-refractivity contribution < 1.29 is 4.74 Å². The quantitative estimate of drug-likeness (QED) is 0.795. The van der Waals surface area contributed by atoms with E-state index in [2.05, 4.69) is 36.2 Å². The molecule has 0 fully saturated rings. The Morgan fingerprint density at radius 3 is 2.90 bits per heavy atom. The van der Waals surface area contributed by atoms with Gasteiger partial charge in [0.1, 0.15) is 0 Å². The fourth-order valence-corrected chi connectivity index (χ4v) is 2.24. The van der Waals surface area contributed by atoms with E-state index in [1.165, 1.54) is 0 Å². The summed E-state index contributed by atoms with van der Waals surface area (Å²) in [6.07, 6.45) is 3.42. The lowest BCUT2D eigenvalue weighted by molar-refractivity contribution is 0.394. The Bertz CT molecular complexity index is 758. The van der Waals surface area contributed by atoms with Crippen molar-refractivity contribution in [3.8, 4) is 5.88 Å². The Kier molecular flexibility index (Phi) is 3.47. The van der Waals surface area contributed by atoms with Crippen molar-refractivity contribution in [1.29, 1.82) is 0 Å². The van der Waals surface area contributed by atoms with Crippen molar-refractivity contribution in [3.05, 3.63) is 47.2 Å². The number of methoxy groups -OCH3 is 1. The zero-order valence-corrected chi connectivity index (χ0v) is 12.3. The van der Waals surface area contributed by atoms with Crippen LogP contribution in [0.25, 0.3) is 10.9 Å². The van der Waals surface area contributed by atoms with Crippen LogP contribution < -0.4 is 10.1 Å². The molecule has 6 heteroatoms. The van der Waals surface area contributed by atoms with Crippen molar-refractivity contribution in [1.82, 2.24) is 15.0 Å². The van der Waals surface area contributed by atoms with E-state index in [1.807, 2.05) is 30.3 Å². The Hall–Kier alpha value is -2.21. The van der Waals surface area contributed by atoms with Gasteiger partial charge < -0.3 is 10.1 Å². The molecular formula is C14H11BrN4O. The molecule has 5 nitrogen and oxygen atoms in total. The van der Waals surface area contributed by atoms with Gasteiger partial charge in [0.25, 0.3) is 0 Å². The topological polar surface area (TPSA) is 59.9 Å². The van der Waals surface area contributed by atoms with E-state index in [0.717, 1.165) is 16.6 Å². The second kappa shape index (κ2) is 5.42. The van der Waals surface area contributed by atoms with Crippen LogP contribution in [0.4, 0.5) is 11.6 Å². The first-order valence-electron chi connectivity index (χ1n) is 5.95. The summed E-state index contributed by atoms with van der Waals surface area (Å²) in [6.45, 7) is 0. The average Bonchev–Trinajstić information content (AvgIpc) is 2.49. The number of halogens is 1. The second-order valence-electron chi connectivity index (χ2n) is 4.05. The summed E-state index contributed by atoms with van der Waals surface area (Å²) in [6, 6.07) is 9.76. The highest BCUT2D eigenvalue weighted by molar-refractivity contribution is 9.10. The van der Waals surface area contributed by atoms with Crippen LogP contribution in [0.2, 0.25) is 0 Å². The van der Waals surface area contributed by atoms with Crippen LogP contribution in [-0.2, 0) is 0 Å². The summed E-state index contributed by atoms with van der Waals surface area (Å²) in [5.41, 5.74) is 1.82. The van der Waals surface area contributed by atoms with Crippen LogP contribution in [0, 0.1) is 0 Å². The predicted molar refractivity (Wildman–Crippen MR) is 81.3 cm³/mol. The molecule has 0 atom stereocenters. The van der Waals surface area contributed by atoms with E-state index in [4.69, 9.17) is 4.74 Å². The van der Waals surface area contributed by atoms with Crippen LogP contribution >= 0.6 is 15.9 Å². The lowest BCUT2D eigenvalue weighted by atomic mass is 10.2. The van der Waals surface area contributed by atoms with E-state index in [-0.39, 0.29) is 0 Å². The van der Waals surface area contributed by atoms with Gasteiger partial charge in [0.05, 0.1) is 29.0 Å². The lowest BCUT2D eigenvalue weighted by Gasteiger charge is -2.09. The maximum Gasteiger partial charge on any atom is 0.232 e. The molecule has 0 bridgehead atoms. The fourth-order valence-electron chi connectivity index (χ4n) is 1.89. The minimum absolute atomic E-state index is 0.474. The largest absolute Gasteiger partial charge is 0.480 e. The summed E-state index contributed by atoms with van der Waals surface area (Å²) in [7, 11) is 1.57. The third-order valence-electron chi connectivity index (χ3n) is 2.80. The minimum atomic E-state index is 0.474. The number of anilines is 2. The lowest BCUT2D eigenvalue weighted by Crippen LogP contribution is -2.00. The Morgan fingerprint density at radius 2 is 2.05 bits per heavy atom. The summed E-state index contributed by atoms with van der Waals surface area (Å²) in [5, 5.41) is 4.20. The SMILES string of the molecule is COc1nc(Nc2cccc3ncccc23)ncc1Br.